The van der Waals surface area contributed by atoms with Crippen LogP contribution in [0.1, 0.15) is 44.6 Å². The van der Waals surface area contributed by atoms with E-state index >= 15 is 0 Å². The number of methoxy groups -OCH3 is 1. The third-order valence-corrected chi connectivity index (χ3v) is 4.87. The van der Waals surface area contributed by atoms with Crippen LogP contribution in [0.25, 0.3) is 0 Å². The standard InChI is InChI=1S/C19H28N2O3/c1-4-14(2)15-5-7-17(8-6-15)20-18(22)13-21-11-9-16(10-12-21)19(23)24-3/h5-8,14,16H,4,9-13H2,1-3H3,(H,20,22)/t14-/m1/s1. The van der Waals surface area contributed by atoms with Gasteiger partial charge in [0.2, 0.25) is 5.91 Å². The maximum Gasteiger partial charge on any atom is 0.308 e. The van der Waals surface area contributed by atoms with Gasteiger partial charge in [0, 0.05) is 5.69 Å². The minimum atomic E-state index is -0.138. The summed E-state index contributed by atoms with van der Waals surface area (Å²) in [7, 11) is 1.43. The lowest BCUT2D eigenvalue weighted by Gasteiger charge is -2.29. The summed E-state index contributed by atoms with van der Waals surface area (Å²) in [4.78, 5) is 25.8. The molecule has 0 spiro atoms. The third-order valence-electron chi connectivity index (χ3n) is 4.87. The fraction of sp³-hybridized carbons (Fsp3) is 0.579. The molecule has 0 aromatic heterocycles. The van der Waals surface area contributed by atoms with Crippen molar-refractivity contribution in [2.24, 2.45) is 5.92 Å². The van der Waals surface area contributed by atoms with E-state index in [0.29, 0.717) is 12.5 Å². The second kappa shape index (κ2) is 8.83. The first-order chi connectivity index (χ1) is 11.5. The van der Waals surface area contributed by atoms with Crippen LogP contribution >= 0.6 is 0 Å². The smallest absolute Gasteiger partial charge is 0.308 e. The zero-order valence-corrected chi connectivity index (χ0v) is 14.9. The van der Waals surface area contributed by atoms with Crippen molar-refractivity contribution in [2.75, 3.05) is 32.1 Å². The Morgan fingerprint density at radius 3 is 2.42 bits per heavy atom. The Labute approximate surface area is 144 Å². The summed E-state index contributed by atoms with van der Waals surface area (Å²) < 4.78 is 4.78. The van der Waals surface area contributed by atoms with E-state index in [1.165, 1.54) is 12.7 Å². The van der Waals surface area contributed by atoms with Crippen molar-refractivity contribution in [1.29, 1.82) is 0 Å². The number of piperidine rings is 1. The summed E-state index contributed by atoms with van der Waals surface area (Å²) in [6.45, 7) is 6.23. The van der Waals surface area contributed by atoms with Gasteiger partial charge in [0.05, 0.1) is 19.6 Å². The lowest BCUT2D eigenvalue weighted by molar-refractivity contribution is -0.147. The molecular formula is C19H28N2O3. The molecule has 1 atom stereocenters. The summed E-state index contributed by atoms with van der Waals surface area (Å²) in [6.07, 6.45) is 2.61. The van der Waals surface area contributed by atoms with Crippen LogP contribution in [-0.4, -0.2) is 43.5 Å². The molecule has 0 saturated carbocycles. The minimum absolute atomic E-state index is 0.0113. The predicted octanol–water partition coefficient (Wildman–Crippen LogP) is 3.02. The Morgan fingerprint density at radius 2 is 1.88 bits per heavy atom. The van der Waals surface area contributed by atoms with Gasteiger partial charge in [0.1, 0.15) is 0 Å². The first-order valence-electron chi connectivity index (χ1n) is 8.73. The highest BCUT2D eigenvalue weighted by Gasteiger charge is 2.26. The van der Waals surface area contributed by atoms with E-state index < -0.39 is 0 Å². The Hall–Kier alpha value is -1.88. The summed E-state index contributed by atoms with van der Waals surface area (Å²) in [6, 6.07) is 8.07. The lowest BCUT2D eigenvalue weighted by atomic mass is 9.97. The number of benzene rings is 1. The van der Waals surface area contributed by atoms with Gasteiger partial charge in [-0.1, -0.05) is 26.0 Å². The van der Waals surface area contributed by atoms with Crippen LogP contribution in [0.4, 0.5) is 5.69 Å². The molecule has 5 heteroatoms. The topological polar surface area (TPSA) is 58.6 Å². The number of rotatable bonds is 6. The molecule has 1 fully saturated rings. The number of amides is 1. The third kappa shape index (κ3) is 5.06. The molecule has 1 aliphatic rings. The maximum absolute atomic E-state index is 12.2. The Bertz CT molecular complexity index is 548. The molecular weight excluding hydrogens is 304 g/mol. The van der Waals surface area contributed by atoms with Gasteiger partial charge in [-0.15, -0.1) is 0 Å². The maximum atomic E-state index is 12.2. The molecule has 1 aliphatic heterocycles. The molecule has 0 aliphatic carbocycles. The molecule has 5 nitrogen and oxygen atoms in total. The van der Waals surface area contributed by atoms with Crippen LogP contribution in [0.5, 0.6) is 0 Å². The molecule has 24 heavy (non-hydrogen) atoms. The van der Waals surface area contributed by atoms with E-state index in [1.807, 2.05) is 12.1 Å². The highest BCUT2D eigenvalue weighted by molar-refractivity contribution is 5.92. The number of nitrogens with one attached hydrogen (secondary N) is 1. The van der Waals surface area contributed by atoms with Crippen molar-refractivity contribution in [2.45, 2.75) is 39.0 Å². The highest BCUT2D eigenvalue weighted by Crippen LogP contribution is 2.21. The molecule has 1 aromatic carbocycles. The van der Waals surface area contributed by atoms with Crippen molar-refractivity contribution in [3.05, 3.63) is 29.8 Å². The molecule has 1 N–H and O–H groups in total. The molecule has 132 valence electrons. The van der Waals surface area contributed by atoms with Gasteiger partial charge in [0.25, 0.3) is 0 Å². The second-order valence-electron chi connectivity index (χ2n) is 6.55. The van der Waals surface area contributed by atoms with Gasteiger partial charge in [-0.2, -0.15) is 0 Å². The van der Waals surface area contributed by atoms with E-state index in [4.69, 9.17) is 4.74 Å². The quantitative estimate of drug-likeness (QED) is 0.814. The molecule has 1 heterocycles. The Kier molecular flexibility index (Phi) is 6.79. The Balaban J connectivity index is 1.78. The predicted molar refractivity (Wildman–Crippen MR) is 95.0 cm³/mol. The van der Waals surface area contributed by atoms with Gasteiger partial charge in [-0.25, -0.2) is 0 Å². The van der Waals surface area contributed by atoms with Crippen molar-refractivity contribution in [1.82, 2.24) is 4.90 Å². The van der Waals surface area contributed by atoms with Crippen LogP contribution in [0, 0.1) is 5.92 Å². The van der Waals surface area contributed by atoms with Crippen LogP contribution in [0.15, 0.2) is 24.3 Å². The summed E-state index contributed by atoms with van der Waals surface area (Å²) >= 11 is 0. The Morgan fingerprint density at radius 1 is 1.25 bits per heavy atom. The van der Waals surface area contributed by atoms with E-state index in [9.17, 15) is 9.59 Å². The van der Waals surface area contributed by atoms with Gasteiger partial charge < -0.3 is 10.1 Å². The first-order valence-corrected chi connectivity index (χ1v) is 8.73. The zero-order valence-electron chi connectivity index (χ0n) is 14.9. The number of anilines is 1. The molecule has 1 saturated heterocycles. The first kappa shape index (κ1) is 18.5. The normalized spacial score (nSPS) is 17.3. The largest absolute Gasteiger partial charge is 0.469 e. The average molecular weight is 332 g/mol. The molecule has 1 aromatic rings. The van der Waals surface area contributed by atoms with Crippen molar-refractivity contribution < 1.29 is 14.3 Å². The summed E-state index contributed by atoms with van der Waals surface area (Å²) in [5, 5.41) is 2.95. The minimum Gasteiger partial charge on any atom is -0.469 e. The number of esters is 1. The summed E-state index contributed by atoms with van der Waals surface area (Å²) in [5.74, 6) is 0.358. The molecule has 1 amide bonds. The molecule has 0 radical (unpaired) electrons. The van der Waals surface area contributed by atoms with Crippen LogP contribution in [0.2, 0.25) is 0 Å². The van der Waals surface area contributed by atoms with E-state index in [0.717, 1.165) is 38.0 Å². The van der Waals surface area contributed by atoms with Gasteiger partial charge >= 0.3 is 5.97 Å². The van der Waals surface area contributed by atoms with Crippen molar-refractivity contribution >= 4 is 17.6 Å². The van der Waals surface area contributed by atoms with Crippen LogP contribution in [0.3, 0.4) is 0 Å². The highest BCUT2D eigenvalue weighted by atomic mass is 16.5. The second-order valence-corrected chi connectivity index (χ2v) is 6.55. The average Bonchev–Trinajstić information content (AvgIpc) is 2.61. The van der Waals surface area contributed by atoms with Crippen molar-refractivity contribution in [3.63, 3.8) is 0 Å². The summed E-state index contributed by atoms with van der Waals surface area (Å²) in [5.41, 5.74) is 2.12. The number of hydrogen-bond donors (Lipinski definition) is 1. The number of carbonyl (C=O) groups is 2. The van der Waals surface area contributed by atoms with E-state index in [1.54, 1.807) is 0 Å². The number of carbonyl (C=O) groups excluding carboxylic acids is 2. The lowest BCUT2D eigenvalue weighted by Crippen LogP contribution is -2.41. The van der Waals surface area contributed by atoms with Crippen molar-refractivity contribution in [3.8, 4) is 0 Å². The molecule has 0 unspecified atom stereocenters. The monoisotopic (exact) mass is 332 g/mol. The van der Waals surface area contributed by atoms with Gasteiger partial charge in [-0.05, 0) is 56.0 Å². The molecule has 0 bridgehead atoms. The SMILES string of the molecule is CC[C@@H](C)c1ccc(NC(=O)CN2CCC(C(=O)OC)CC2)cc1. The van der Waals surface area contributed by atoms with Crippen LogP contribution < -0.4 is 5.32 Å². The van der Waals surface area contributed by atoms with Crippen LogP contribution in [-0.2, 0) is 14.3 Å². The van der Waals surface area contributed by atoms with E-state index in [2.05, 4.69) is 36.2 Å². The fourth-order valence-corrected chi connectivity index (χ4v) is 3.03. The number of nitrogens with zero attached hydrogens (tertiary/aromatic N) is 1. The fourth-order valence-electron chi connectivity index (χ4n) is 3.03. The number of likely N-dealkylation sites (tertiary alicyclic amines) is 1. The zero-order chi connectivity index (χ0) is 17.5. The number of hydrogen-bond acceptors (Lipinski definition) is 4. The van der Waals surface area contributed by atoms with E-state index in [-0.39, 0.29) is 17.8 Å². The van der Waals surface area contributed by atoms with Gasteiger partial charge in [0.15, 0.2) is 0 Å². The number of ether oxygens (including phenoxy) is 1. The van der Waals surface area contributed by atoms with Gasteiger partial charge in [-0.3, -0.25) is 14.5 Å². The molecule has 2 rings (SSSR count).